The molecule has 0 radical (unpaired) electrons. The van der Waals surface area contributed by atoms with E-state index in [1.807, 2.05) is 0 Å². The van der Waals surface area contributed by atoms with Crippen LogP contribution < -0.4 is 10.0 Å². The molecule has 1 aromatic rings. The predicted octanol–water partition coefficient (Wildman–Crippen LogP) is 1.42. The molecule has 3 rings (SSSR count). The molecule has 0 spiro atoms. The summed E-state index contributed by atoms with van der Waals surface area (Å²) in [7, 11) is -3.65. The lowest BCUT2D eigenvalue weighted by atomic mass is 10.0. The van der Waals surface area contributed by atoms with E-state index in [1.165, 1.54) is 12.1 Å². The molecule has 0 bridgehead atoms. The largest absolute Gasteiger partial charge is 0.481 e. The zero-order valence-corrected chi connectivity index (χ0v) is 14.8. The van der Waals surface area contributed by atoms with Crippen molar-refractivity contribution in [2.24, 2.45) is 5.92 Å². The van der Waals surface area contributed by atoms with Crippen LogP contribution in [0.15, 0.2) is 23.1 Å². The van der Waals surface area contributed by atoms with Gasteiger partial charge in [-0.1, -0.05) is 12.5 Å². The lowest BCUT2D eigenvalue weighted by Gasteiger charge is -2.18. The van der Waals surface area contributed by atoms with Crippen molar-refractivity contribution in [3.63, 3.8) is 0 Å². The molecule has 0 aromatic heterocycles. The fraction of sp³-hybridized carbons (Fsp3) is 0.529. The van der Waals surface area contributed by atoms with Crippen molar-refractivity contribution in [3.8, 4) is 0 Å². The van der Waals surface area contributed by atoms with Gasteiger partial charge in [0.1, 0.15) is 0 Å². The highest BCUT2D eigenvalue weighted by Gasteiger charge is 2.34. The Morgan fingerprint density at radius 1 is 1.16 bits per heavy atom. The van der Waals surface area contributed by atoms with Crippen molar-refractivity contribution in [2.45, 2.75) is 56.0 Å². The molecule has 3 N–H and O–H groups in total. The highest BCUT2D eigenvalue weighted by atomic mass is 32.2. The van der Waals surface area contributed by atoms with E-state index in [1.54, 1.807) is 13.0 Å². The number of hydrogen-bond acceptors (Lipinski definition) is 4. The van der Waals surface area contributed by atoms with Crippen molar-refractivity contribution in [2.75, 3.05) is 0 Å². The van der Waals surface area contributed by atoms with Crippen LogP contribution in [-0.2, 0) is 14.8 Å². The van der Waals surface area contributed by atoms with E-state index in [-0.39, 0.29) is 16.5 Å². The number of aliphatic carboxylic acids is 1. The molecule has 0 heterocycles. The molecule has 2 fully saturated rings. The number of aryl methyl sites for hydroxylation is 1. The summed E-state index contributed by atoms with van der Waals surface area (Å²) in [5, 5.41) is 12.0. The van der Waals surface area contributed by atoms with Crippen LogP contribution in [0.5, 0.6) is 0 Å². The highest BCUT2D eigenvalue weighted by molar-refractivity contribution is 7.89. The van der Waals surface area contributed by atoms with Crippen LogP contribution in [0.2, 0.25) is 0 Å². The molecule has 8 heteroatoms. The van der Waals surface area contributed by atoms with E-state index in [2.05, 4.69) is 10.0 Å². The Morgan fingerprint density at radius 2 is 1.88 bits per heavy atom. The van der Waals surface area contributed by atoms with Crippen LogP contribution in [-0.4, -0.2) is 37.5 Å². The van der Waals surface area contributed by atoms with Gasteiger partial charge in [0, 0.05) is 17.6 Å². The molecule has 7 nitrogen and oxygen atoms in total. The average Bonchev–Trinajstić information content (AvgIpc) is 3.21. The van der Waals surface area contributed by atoms with E-state index in [0.29, 0.717) is 18.4 Å². The number of carboxylic acids is 1. The number of rotatable bonds is 6. The fourth-order valence-corrected chi connectivity index (χ4v) is 4.51. The standard InChI is InChI=1S/C17H22N2O5S/c1-10-5-8-12(25(23,24)19-11-6-7-11)9-14(10)16(20)18-15-4-2-3-13(15)17(21)22/h5,8-9,11,13,15,19H,2-4,6-7H2,1H3,(H,18,20)(H,21,22)/t13-,15+/m0/s1. The van der Waals surface area contributed by atoms with E-state index >= 15 is 0 Å². The van der Waals surface area contributed by atoms with Crippen molar-refractivity contribution in [1.29, 1.82) is 0 Å². The van der Waals surface area contributed by atoms with Crippen molar-refractivity contribution in [3.05, 3.63) is 29.3 Å². The van der Waals surface area contributed by atoms with Gasteiger partial charge in [-0.2, -0.15) is 0 Å². The van der Waals surface area contributed by atoms with E-state index in [9.17, 15) is 23.1 Å². The molecule has 1 amide bonds. The van der Waals surface area contributed by atoms with Crippen LogP contribution in [0.4, 0.5) is 0 Å². The van der Waals surface area contributed by atoms with Crippen molar-refractivity contribution < 1.29 is 23.1 Å². The summed E-state index contributed by atoms with van der Waals surface area (Å²) >= 11 is 0. The Bertz CT molecular complexity index is 801. The summed E-state index contributed by atoms with van der Waals surface area (Å²) in [5.41, 5.74) is 0.905. The lowest BCUT2D eigenvalue weighted by Crippen LogP contribution is -2.40. The molecule has 136 valence electrons. The van der Waals surface area contributed by atoms with E-state index in [4.69, 9.17) is 0 Å². The zero-order valence-electron chi connectivity index (χ0n) is 14.0. The first-order valence-electron chi connectivity index (χ1n) is 8.44. The van der Waals surface area contributed by atoms with Gasteiger partial charge in [0.15, 0.2) is 0 Å². The number of benzene rings is 1. The van der Waals surface area contributed by atoms with Crippen molar-refractivity contribution >= 4 is 21.9 Å². The topological polar surface area (TPSA) is 113 Å². The Hall–Kier alpha value is -1.93. The van der Waals surface area contributed by atoms with Crippen LogP contribution in [0.3, 0.4) is 0 Å². The predicted molar refractivity (Wildman–Crippen MR) is 90.8 cm³/mol. The van der Waals surface area contributed by atoms with Gasteiger partial charge in [0.2, 0.25) is 10.0 Å². The molecule has 1 aromatic carbocycles. The van der Waals surface area contributed by atoms with Crippen LogP contribution in [0.1, 0.15) is 48.0 Å². The van der Waals surface area contributed by atoms with E-state index in [0.717, 1.165) is 19.3 Å². The maximum absolute atomic E-state index is 12.6. The van der Waals surface area contributed by atoms with Gasteiger partial charge in [-0.05, 0) is 50.3 Å². The normalized spacial score (nSPS) is 23.4. The molecule has 0 unspecified atom stereocenters. The second kappa shape index (κ2) is 6.76. The summed E-state index contributed by atoms with van der Waals surface area (Å²) < 4.78 is 27.3. The lowest BCUT2D eigenvalue weighted by molar-refractivity contribution is -0.142. The van der Waals surface area contributed by atoms with Gasteiger partial charge in [-0.25, -0.2) is 13.1 Å². The molecule has 25 heavy (non-hydrogen) atoms. The van der Waals surface area contributed by atoms with E-state index < -0.39 is 33.9 Å². The van der Waals surface area contributed by atoms with Crippen LogP contribution >= 0.6 is 0 Å². The quantitative estimate of drug-likeness (QED) is 0.705. The number of carbonyl (C=O) groups is 2. The van der Waals surface area contributed by atoms with Crippen LogP contribution in [0, 0.1) is 12.8 Å². The number of carboxylic acid groups (broad SMARTS) is 1. The van der Waals surface area contributed by atoms with Gasteiger partial charge in [-0.3, -0.25) is 9.59 Å². The minimum absolute atomic E-state index is 0.0154. The maximum atomic E-state index is 12.6. The Balaban J connectivity index is 1.80. The summed E-state index contributed by atoms with van der Waals surface area (Å²) in [6, 6.07) is 4.00. The molecule has 2 saturated carbocycles. The van der Waals surface area contributed by atoms with Crippen LogP contribution in [0.25, 0.3) is 0 Å². The Labute approximate surface area is 146 Å². The summed E-state index contributed by atoms with van der Waals surface area (Å²) in [4.78, 5) is 23.9. The average molecular weight is 366 g/mol. The first-order valence-corrected chi connectivity index (χ1v) is 9.93. The first-order chi connectivity index (χ1) is 11.8. The van der Waals surface area contributed by atoms with Gasteiger partial charge in [0.25, 0.3) is 5.91 Å². The van der Waals surface area contributed by atoms with Gasteiger partial charge >= 0.3 is 5.97 Å². The second-order valence-electron chi connectivity index (χ2n) is 6.83. The summed E-state index contributed by atoms with van der Waals surface area (Å²) in [5.74, 6) is -1.93. The number of nitrogens with one attached hydrogen (secondary N) is 2. The number of sulfonamides is 1. The molecule has 0 saturated heterocycles. The SMILES string of the molecule is Cc1ccc(S(=O)(=O)NC2CC2)cc1C(=O)N[C@@H]1CCC[C@@H]1C(=O)O. The molecule has 2 aliphatic rings. The molecule has 2 atom stereocenters. The number of hydrogen-bond donors (Lipinski definition) is 3. The fourth-order valence-electron chi connectivity index (χ4n) is 3.18. The number of carbonyl (C=O) groups excluding carboxylic acids is 1. The van der Waals surface area contributed by atoms with Gasteiger partial charge < -0.3 is 10.4 Å². The Morgan fingerprint density at radius 3 is 2.52 bits per heavy atom. The zero-order chi connectivity index (χ0) is 18.2. The highest BCUT2D eigenvalue weighted by Crippen LogP contribution is 2.27. The molecule has 0 aliphatic heterocycles. The monoisotopic (exact) mass is 366 g/mol. The number of amides is 1. The summed E-state index contributed by atoms with van der Waals surface area (Å²) in [6.07, 6.45) is 3.57. The third kappa shape index (κ3) is 4.01. The molecular weight excluding hydrogens is 344 g/mol. The maximum Gasteiger partial charge on any atom is 0.308 e. The summed E-state index contributed by atoms with van der Waals surface area (Å²) in [6.45, 7) is 1.73. The smallest absolute Gasteiger partial charge is 0.308 e. The minimum Gasteiger partial charge on any atom is -0.481 e. The Kier molecular flexibility index (Phi) is 4.83. The third-order valence-corrected chi connectivity index (χ3v) is 6.33. The van der Waals surface area contributed by atoms with Gasteiger partial charge in [-0.15, -0.1) is 0 Å². The van der Waals surface area contributed by atoms with Gasteiger partial charge in [0.05, 0.1) is 10.8 Å². The molecule has 2 aliphatic carbocycles. The second-order valence-corrected chi connectivity index (χ2v) is 8.54. The third-order valence-electron chi connectivity index (χ3n) is 4.81. The first kappa shape index (κ1) is 17.9. The molecular formula is C17H22N2O5S. The minimum atomic E-state index is -3.65. The van der Waals surface area contributed by atoms with Crippen molar-refractivity contribution in [1.82, 2.24) is 10.0 Å².